The van der Waals surface area contributed by atoms with Crippen LogP contribution in [-0.2, 0) is 4.79 Å². The van der Waals surface area contributed by atoms with E-state index in [1.807, 2.05) is 32.0 Å². The van der Waals surface area contributed by atoms with Gasteiger partial charge in [0.25, 0.3) is 5.91 Å². The van der Waals surface area contributed by atoms with Crippen molar-refractivity contribution in [3.8, 4) is 11.5 Å². The Balaban J connectivity index is 1.49. The second-order valence-corrected chi connectivity index (χ2v) is 7.13. The van der Waals surface area contributed by atoms with E-state index in [1.54, 1.807) is 48.5 Å². The first-order valence-corrected chi connectivity index (χ1v) is 9.89. The van der Waals surface area contributed by atoms with Gasteiger partial charge in [0.1, 0.15) is 11.5 Å². The van der Waals surface area contributed by atoms with Crippen LogP contribution in [0.3, 0.4) is 0 Å². The standard InChI is InChI=1S/C24H21ClN2O4/c1-16-6-5-9-22(17(16)2)30-15-23(28)27-26-14-18-10-12-19(13-11-18)31-24(29)20-7-3-4-8-21(20)25/h3-14H,15H2,1-2H3,(H,27,28). The smallest absolute Gasteiger partial charge is 0.345 e. The summed E-state index contributed by atoms with van der Waals surface area (Å²) in [6, 6.07) is 19.0. The van der Waals surface area contributed by atoms with Crippen molar-refractivity contribution < 1.29 is 19.1 Å². The summed E-state index contributed by atoms with van der Waals surface area (Å²) >= 11 is 6.00. The highest BCUT2D eigenvalue weighted by Gasteiger charge is 2.12. The molecule has 0 aliphatic carbocycles. The normalized spacial score (nSPS) is 10.7. The van der Waals surface area contributed by atoms with Crippen molar-refractivity contribution in [2.24, 2.45) is 5.10 Å². The third-order valence-corrected chi connectivity index (χ3v) is 4.83. The van der Waals surface area contributed by atoms with Crippen molar-refractivity contribution in [1.29, 1.82) is 0 Å². The summed E-state index contributed by atoms with van der Waals surface area (Å²) in [5.74, 6) is 0.125. The summed E-state index contributed by atoms with van der Waals surface area (Å²) in [6.45, 7) is 3.78. The quantitative estimate of drug-likeness (QED) is 0.252. The van der Waals surface area contributed by atoms with Gasteiger partial charge in [-0.1, -0.05) is 35.9 Å². The molecule has 0 heterocycles. The van der Waals surface area contributed by atoms with E-state index in [0.717, 1.165) is 11.1 Å². The molecule has 1 amide bonds. The van der Waals surface area contributed by atoms with Crippen molar-refractivity contribution in [2.75, 3.05) is 6.61 Å². The summed E-state index contributed by atoms with van der Waals surface area (Å²) in [5.41, 5.74) is 5.51. The summed E-state index contributed by atoms with van der Waals surface area (Å²) in [6.07, 6.45) is 1.48. The summed E-state index contributed by atoms with van der Waals surface area (Å²) in [5, 5.41) is 4.24. The minimum atomic E-state index is -0.539. The molecule has 0 fully saturated rings. The van der Waals surface area contributed by atoms with E-state index in [9.17, 15) is 9.59 Å². The molecule has 0 bridgehead atoms. The molecule has 0 saturated heterocycles. The molecule has 3 aromatic rings. The summed E-state index contributed by atoms with van der Waals surface area (Å²) in [4.78, 5) is 24.1. The molecule has 3 aromatic carbocycles. The van der Waals surface area contributed by atoms with Crippen LogP contribution in [0.5, 0.6) is 11.5 Å². The van der Waals surface area contributed by atoms with E-state index in [2.05, 4.69) is 10.5 Å². The number of nitrogens with one attached hydrogen (secondary N) is 1. The molecule has 0 saturated carbocycles. The fraction of sp³-hybridized carbons (Fsp3) is 0.125. The van der Waals surface area contributed by atoms with E-state index in [0.29, 0.717) is 27.6 Å². The van der Waals surface area contributed by atoms with Gasteiger partial charge in [-0.05, 0) is 73.0 Å². The average Bonchev–Trinajstić information content (AvgIpc) is 2.76. The van der Waals surface area contributed by atoms with Crippen molar-refractivity contribution in [2.45, 2.75) is 13.8 Å². The van der Waals surface area contributed by atoms with E-state index in [1.165, 1.54) is 6.21 Å². The lowest BCUT2D eigenvalue weighted by molar-refractivity contribution is -0.123. The van der Waals surface area contributed by atoms with Crippen LogP contribution in [-0.4, -0.2) is 24.7 Å². The Bertz CT molecular complexity index is 1110. The zero-order chi connectivity index (χ0) is 22.2. The first kappa shape index (κ1) is 22.1. The monoisotopic (exact) mass is 436 g/mol. The molecular weight excluding hydrogens is 416 g/mol. The van der Waals surface area contributed by atoms with Gasteiger partial charge in [0, 0.05) is 0 Å². The van der Waals surface area contributed by atoms with Crippen LogP contribution in [0.15, 0.2) is 71.8 Å². The maximum Gasteiger partial charge on any atom is 0.345 e. The van der Waals surface area contributed by atoms with Crippen molar-refractivity contribution in [3.05, 3.63) is 94.0 Å². The van der Waals surface area contributed by atoms with Crippen LogP contribution in [0.1, 0.15) is 27.0 Å². The first-order valence-electron chi connectivity index (χ1n) is 9.52. The minimum Gasteiger partial charge on any atom is -0.483 e. The predicted octanol–water partition coefficient (Wildman–Crippen LogP) is 4.71. The topological polar surface area (TPSA) is 77.0 Å². The van der Waals surface area contributed by atoms with Crippen LogP contribution >= 0.6 is 11.6 Å². The molecule has 158 valence electrons. The molecule has 3 rings (SSSR count). The number of amides is 1. The van der Waals surface area contributed by atoms with E-state index in [-0.39, 0.29) is 12.5 Å². The molecule has 0 aliphatic heterocycles. The third-order valence-electron chi connectivity index (χ3n) is 4.50. The minimum absolute atomic E-state index is 0.140. The van der Waals surface area contributed by atoms with Gasteiger partial charge in [-0.25, -0.2) is 10.2 Å². The fourth-order valence-electron chi connectivity index (χ4n) is 2.65. The van der Waals surface area contributed by atoms with Crippen LogP contribution in [0.2, 0.25) is 5.02 Å². The SMILES string of the molecule is Cc1cccc(OCC(=O)NN=Cc2ccc(OC(=O)c3ccccc3Cl)cc2)c1C. The van der Waals surface area contributed by atoms with E-state index >= 15 is 0 Å². The number of ether oxygens (including phenoxy) is 2. The molecule has 0 aromatic heterocycles. The molecule has 31 heavy (non-hydrogen) atoms. The van der Waals surface area contributed by atoms with Gasteiger partial charge in [-0.2, -0.15) is 5.10 Å². The summed E-state index contributed by atoms with van der Waals surface area (Å²) in [7, 11) is 0. The Hall–Kier alpha value is -3.64. The zero-order valence-electron chi connectivity index (χ0n) is 17.1. The molecule has 7 heteroatoms. The molecule has 1 N–H and O–H groups in total. The Morgan fingerprint density at radius 3 is 2.48 bits per heavy atom. The lowest BCUT2D eigenvalue weighted by Gasteiger charge is -2.09. The Kier molecular flexibility index (Phi) is 7.40. The molecule has 6 nitrogen and oxygen atoms in total. The van der Waals surface area contributed by atoms with Crippen molar-refractivity contribution in [3.63, 3.8) is 0 Å². The maximum atomic E-state index is 12.2. The van der Waals surface area contributed by atoms with Crippen molar-refractivity contribution >= 4 is 29.7 Å². The van der Waals surface area contributed by atoms with Crippen molar-refractivity contribution in [1.82, 2.24) is 5.43 Å². The number of hydrogen-bond donors (Lipinski definition) is 1. The lowest BCUT2D eigenvalue weighted by Crippen LogP contribution is -2.24. The highest BCUT2D eigenvalue weighted by Crippen LogP contribution is 2.20. The van der Waals surface area contributed by atoms with Gasteiger partial charge >= 0.3 is 5.97 Å². The number of rotatable bonds is 7. The van der Waals surface area contributed by atoms with Crippen LogP contribution in [0.25, 0.3) is 0 Å². The first-order chi connectivity index (χ1) is 14.9. The van der Waals surface area contributed by atoms with Gasteiger partial charge in [-0.3, -0.25) is 4.79 Å². The van der Waals surface area contributed by atoms with Gasteiger partial charge in [0.05, 0.1) is 16.8 Å². The number of aryl methyl sites for hydroxylation is 1. The van der Waals surface area contributed by atoms with Gasteiger partial charge in [-0.15, -0.1) is 0 Å². The Morgan fingerprint density at radius 1 is 1.00 bits per heavy atom. The van der Waals surface area contributed by atoms with Crippen LogP contribution < -0.4 is 14.9 Å². The Morgan fingerprint density at radius 2 is 1.74 bits per heavy atom. The largest absolute Gasteiger partial charge is 0.483 e. The molecule has 0 atom stereocenters. The number of hydrogen-bond acceptors (Lipinski definition) is 5. The predicted molar refractivity (Wildman–Crippen MR) is 120 cm³/mol. The number of carbonyl (C=O) groups excluding carboxylic acids is 2. The molecule has 0 aliphatic rings. The van der Waals surface area contributed by atoms with Gasteiger partial charge in [0.15, 0.2) is 6.61 Å². The molecular formula is C24H21ClN2O4. The second-order valence-electron chi connectivity index (χ2n) is 6.72. The average molecular weight is 437 g/mol. The number of benzene rings is 3. The van der Waals surface area contributed by atoms with Gasteiger partial charge < -0.3 is 9.47 Å². The third kappa shape index (κ3) is 6.17. The number of hydrazone groups is 1. The number of esters is 1. The Labute approximate surface area is 185 Å². The molecule has 0 unspecified atom stereocenters. The van der Waals surface area contributed by atoms with Crippen LogP contribution in [0.4, 0.5) is 0 Å². The zero-order valence-corrected chi connectivity index (χ0v) is 17.8. The lowest BCUT2D eigenvalue weighted by atomic mass is 10.1. The number of carbonyl (C=O) groups is 2. The highest BCUT2D eigenvalue weighted by atomic mass is 35.5. The maximum absolute atomic E-state index is 12.2. The fourth-order valence-corrected chi connectivity index (χ4v) is 2.86. The van der Waals surface area contributed by atoms with Gasteiger partial charge in [0.2, 0.25) is 0 Å². The molecule has 0 spiro atoms. The number of nitrogens with zero attached hydrogens (tertiary/aromatic N) is 1. The summed E-state index contributed by atoms with van der Waals surface area (Å²) < 4.78 is 10.9. The van der Waals surface area contributed by atoms with E-state index < -0.39 is 5.97 Å². The van der Waals surface area contributed by atoms with Crippen LogP contribution in [0, 0.1) is 13.8 Å². The second kappa shape index (κ2) is 10.4. The number of halogens is 1. The van der Waals surface area contributed by atoms with E-state index in [4.69, 9.17) is 21.1 Å². The highest BCUT2D eigenvalue weighted by molar-refractivity contribution is 6.33. The molecule has 0 radical (unpaired) electrons.